The number of aromatic hydroxyl groups is 1. The van der Waals surface area contributed by atoms with Gasteiger partial charge in [-0.25, -0.2) is 5.84 Å². The van der Waals surface area contributed by atoms with E-state index in [9.17, 15) is 9.90 Å². The van der Waals surface area contributed by atoms with Gasteiger partial charge >= 0.3 is 0 Å². The minimum Gasteiger partial charge on any atom is -0.508 e. The quantitative estimate of drug-likeness (QED) is 0.296. The summed E-state index contributed by atoms with van der Waals surface area (Å²) in [6.07, 6.45) is 2.17. The van der Waals surface area contributed by atoms with Crippen LogP contribution in [0.3, 0.4) is 0 Å². The minimum atomic E-state index is -0.129. The van der Waals surface area contributed by atoms with Crippen LogP contribution in [-0.4, -0.2) is 24.1 Å². The predicted octanol–water partition coefficient (Wildman–Crippen LogP) is 1.38. The SMILES string of the molecule is CCN(CCCCC(=O)NN)c1cccc(O)c1. The first kappa shape index (κ1) is 14.3. The maximum Gasteiger partial charge on any atom is 0.233 e. The molecule has 0 fully saturated rings. The minimum absolute atomic E-state index is 0.129. The molecule has 0 atom stereocenters. The van der Waals surface area contributed by atoms with E-state index in [2.05, 4.69) is 17.2 Å². The smallest absolute Gasteiger partial charge is 0.233 e. The number of nitrogens with zero attached hydrogens (tertiary/aromatic N) is 1. The molecule has 18 heavy (non-hydrogen) atoms. The number of phenolic OH excluding ortho intramolecular Hbond substituents is 1. The van der Waals surface area contributed by atoms with E-state index >= 15 is 0 Å². The fraction of sp³-hybridized carbons (Fsp3) is 0.462. The van der Waals surface area contributed by atoms with Gasteiger partial charge in [0.2, 0.25) is 5.91 Å². The standard InChI is InChI=1S/C13H21N3O2/c1-2-16(9-4-3-8-13(18)15-14)11-6-5-7-12(17)10-11/h5-7,10,17H,2-4,8-9,14H2,1H3,(H,15,18). The van der Waals surface area contributed by atoms with E-state index in [1.54, 1.807) is 12.1 Å². The Morgan fingerprint density at radius 3 is 2.83 bits per heavy atom. The van der Waals surface area contributed by atoms with Crippen LogP contribution in [0.15, 0.2) is 24.3 Å². The Kier molecular flexibility index (Phi) is 6.00. The zero-order valence-electron chi connectivity index (χ0n) is 10.7. The molecule has 0 aliphatic carbocycles. The zero-order valence-corrected chi connectivity index (χ0v) is 10.7. The van der Waals surface area contributed by atoms with E-state index in [0.717, 1.165) is 31.6 Å². The first-order valence-electron chi connectivity index (χ1n) is 6.20. The van der Waals surface area contributed by atoms with E-state index < -0.39 is 0 Å². The molecule has 5 nitrogen and oxygen atoms in total. The van der Waals surface area contributed by atoms with E-state index in [4.69, 9.17) is 5.84 Å². The monoisotopic (exact) mass is 251 g/mol. The van der Waals surface area contributed by atoms with Crippen molar-refractivity contribution in [3.63, 3.8) is 0 Å². The summed E-state index contributed by atoms with van der Waals surface area (Å²) in [4.78, 5) is 13.1. The van der Waals surface area contributed by atoms with Crippen LogP contribution in [0.25, 0.3) is 0 Å². The molecule has 0 aromatic heterocycles. The molecule has 0 unspecified atom stereocenters. The molecule has 0 spiro atoms. The largest absolute Gasteiger partial charge is 0.508 e. The van der Waals surface area contributed by atoms with Crippen molar-refractivity contribution in [3.05, 3.63) is 24.3 Å². The summed E-state index contributed by atoms with van der Waals surface area (Å²) in [5.74, 6) is 5.15. The Bertz CT molecular complexity index is 382. The van der Waals surface area contributed by atoms with Gasteiger partial charge in [0.25, 0.3) is 0 Å². The van der Waals surface area contributed by atoms with Gasteiger partial charge in [-0.3, -0.25) is 10.2 Å². The van der Waals surface area contributed by atoms with Gasteiger partial charge in [0.1, 0.15) is 5.75 Å². The van der Waals surface area contributed by atoms with E-state index in [1.807, 2.05) is 12.1 Å². The molecule has 1 amide bonds. The first-order valence-corrected chi connectivity index (χ1v) is 6.20. The Hall–Kier alpha value is -1.75. The van der Waals surface area contributed by atoms with E-state index in [0.29, 0.717) is 6.42 Å². The number of hydrogen-bond donors (Lipinski definition) is 3. The maximum atomic E-state index is 11.0. The average molecular weight is 251 g/mol. The molecule has 5 heteroatoms. The Balaban J connectivity index is 2.40. The Morgan fingerprint density at radius 1 is 1.44 bits per heavy atom. The zero-order chi connectivity index (χ0) is 13.4. The van der Waals surface area contributed by atoms with Crippen molar-refractivity contribution < 1.29 is 9.90 Å². The van der Waals surface area contributed by atoms with Gasteiger partial charge in [0.05, 0.1) is 0 Å². The van der Waals surface area contributed by atoms with Crippen LogP contribution in [0, 0.1) is 0 Å². The highest BCUT2D eigenvalue weighted by molar-refractivity contribution is 5.75. The lowest BCUT2D eigenvalue weighted by atomic mass is 10.2. The number of carbonyl (C=O) groups is 1. The number of phenols is 1. The normalized spacial score (nSPS) is 10.1. The van der Waals surface area contributed by atoms with Crippen molar-refractivity contribution in [2.24, 2.45) is 5.84 Å². The Labute approximate surface area is 108 Å². The molecule has 100 valence electrons. The number of anilines is 1. The van der Waals surface area contributed by atoms with Crippen molar-refractivity contribution in [2.45, 2.75) is 26.2 Å². The fourth-order valence-electron chi connectivity index (χ4n) is 1.82. The van der Waals surface area contributed by atoms with Crippen LogP contribution in [0.1, 0.15) is 26.2 Å². The second-order valence-electron chi connectivity index (χ2n) is 4.12. The summed E-state index contributed by atoms with van der Waals surface area (Å²) in [7, 11) is 0. The van der Waals surface area contributed by atoms with Gasteiger partial charge in [0.15, 0.2) is 0 Å². The molecule has 4 N–H and O–H groups in total. The molecule has 0 saturated heterocycles. The highest BCUT2D eigenvalue weighted by atomic mass is 16.3. The van der Waals surface area contributed by atoms with Gasteiger partial charge in [-0.1, -0.05) is 6.07 Å². The summed E-state index contributed by atoms with van der Waals surface area (Å²) in [5.41, 5.74) is 3.12. The number of hydrazine groups is 1. The highest BCUT2D eigenvalue weighted by Gasteiger charge is 2.05. The highest BCUT2D eigenvalue weighted by Crippen LogP contribution is 2.20. The topological polar surface area (TPSA) is 78.6 Å². The molecule has 1 rings (SSSR count). The summed E-state index contributed by atoms with van der Waals surface area (Å²) in [5, 5.41) is 9.44. The van der Waals surface area contributed by atoms with Crippen LogP contribution in [-0.2, 0) is 4.79 Å². The third-order valence-electron chi connectivity index (χ3n) is 2.82. The van der Waals surface area contributed by atoms with Crippen LogP contribution < -0.4 is 16.2 Å². The molecule has 0 bridgehead atoms. The molecular formula is C13H21N3O2. The van der Waals surface area contributed by atoms with E-state index in [-0.39, 0.29) is 11.7 Å². The summed E-state index contributed by atoms with van der Waals surface area (Å²) >= 11 is 0. The van der Waals surface area contributed by atoms with Gasteiger partial charge in [-0.05, 0) is 31.9 Å². The van der Waals surface area contributed by atoms with Gasteiger partial charge in [0, 0.05) is 31.3 Å². The summed E-state index contributed by atoms with van der Waals surface area (Å²) < 4.78 is 0. The van der Waals surface area contributed by atoms with Crippen LogP contribution in [0.4, 0.5) is 5.69 Å². The Morgan fingerprint density at radius 2 is 2.22 bits per heavy atom. The molecule has 0 aliphatic rings. The van der Waals surface area contributed by atoms with Crippen molar-refractivity contribution in [2.75, 3.05) is 18.0 Å². The third-order valence-corrected chi connectivity index (χ3v) is 2.82. The van der Waals surface area contributed by atoms with Crippen LogP contribution >= 0.6 is 0 Å². The van der Waals surface area contributed by atoms with Gasteiger partial charge in [-0.2, -0.15) is 0 Å². The molecular weight excluding hydrogens is 230 g/mol. The lowest BCUT2D eigenvalue weighted by Gasteiger charge is -2.23. The third kappa shape index (κ3) is 4.63. The lowest BCUT2D eigenvalue weighted by molar-refractivity contribution is -0.121. The molecule has 0 saturated carbocycles. The number of hydrogen-bond acceptors (Lipinski definition) is 4. The number of nitrogens with one attached hydrogen (secondary N) is 1. The van der Waals surface area contributed by atoms with Crippen molar-refractivity contribution in [3.8, 4) is 5.75 Å². The second-order valence-corrected chi connectivity index (χ2v) is 4.12. The van der Waals surface area contributed by atoms with Crippen molar-refractivity contribution in [1.29, 1.82) is 0 Å². The lowest BCUT2D eigenvalue weighted by Crippen LogP contribution is -2.30. The van der Waals surface area contributed by atoms with E-state index in [1.165, 1.54) is 0 Å². The molecule has 1 aromatic rings. The average Bonchev–Trinajstić information content (AvgIpc) is 2.38. The van der Waals surface area contributed by atoms with Crippen LogP contribution in [0.2, 0.25) is 0 Å². The van der Waals surface area contributed by atoms with Crippen molar-refractivity contribution >= 4 is 11.6 Å². The molecule has 0 aliphatic heterocycles. The summed E-state index contributed by atoms with van der Waals surface area (Å²) in [6, 6.07) is 7.20. The summed E-state index contributed by atoms with van der Waals surface area (Å²) in [6.45, 7) is 3.79. The molecule has 1 aromatic carbocycles. The number of carbonyl (C=O) groups excluding carboxylic acids is 1. The van der Waals surface area contributed by atoms with Gasteiger partial charge in [-0.15, -0.1) is 0 Å². The second kappa shape index (κ2) is 7.55. The number of amides is 1. The van der Waals surface area contributed by atoms with Crippen LogP contribution in [0.5, 0.6) is 5.75 Å². The molecule has 0 heterocycles. The number of benzene rings is 1. The predicted molar refractivity (Wildman–Crippen MR) is 72.2 cm³/mol. The molecule has 0 radical (unpaired) electrons. The van der Waals surface area contributed by atoms with Crippen molar-refractivity contribution in [1.82, 2.24) is 5.43 Å². The fourth-order valence-corrected chi connectivity index (χ4v) is 1.82. The first-order chi connectivity index (χ1) is 8.67. The number of nitrogens with two attached hydrogens (primary N) is 1. The van der Waals surface area contributed by atoms with Gasteiger partial charge < -0.3 is 10.0 Å². The number of rotatable bonds is 7. The maximum absolute atomic E-state index is 11.0. The number of unbranched alkanes of at least 4 members (excludes halogenated alkanes) is 1.